The zero-order chi connectivity index (χ0) is 22.6. The third-order valence-electron chi connectivity index (χ3n) is 6.53. The minimum Gasteiger partial charge on any atom is -1.00 e. The zero-order valence-corrected chi connectivity index (χ0v) is 24.6. The summed E-state index contributed by atoms with van der Waals surface area (Å²) in [6, 6.07) is 21.9. The number of hydrogen-bond donors (Lipinski definition) is 0. The SMILES string of the molecule is C=c1ccc2c(c1C1=CC(C(C)(C)C)=CC1C)[C]([Zr+2][c]1ccc(Cl)cc1)=c1ccccc1=2.[Cl-].[Cl-]. The van der Waals surface area contributed by atoms with Gasteiger partial charge < -0.3 is 24.8 Å². The molecule has 2 aliphatic carbocycles. The van der Waals surface area contributed by atoms with Gasteiger partial charge in [0.1, 0.15) is 0 Å². The van der Waals surface area contributed by atoms with E-state index in [-0.39, 0.29) is 30.2 Å². The van der Waals surface area contributed by atoms with Crippen LogP contribution in [0.4, 0.5) is 0 Å². The second kappa shape index (κ2) is 10.3. The molecule has 0 radical (unpaired) electrons. The van der Waals surface area contributed by atoms with Crippen molar-refractivity contribution in [3.05, 3.63) is 115 Å². The molecule has 3 aromatic carbocycles. The Morgan fingerprint density at radius 3 is 2.09 bits per heavy atom. The van der Waals surface area contributed by atoms with Gasteiger partial charge in [0.15, 0.2) is 0 Å². The van der Waals surface area contributed by atoms with Crippen molar-refractivity contribution in [3.63, 3.8) is 0 Å². The number of hydrogen-bond acceptors (Lipinski definition) is 0. The summed E-state index contributed by atoms with van der Waals surface area (Å²) in [6.07, 6.45) is 4.87. The first kappa shape index (κ1) is 27.2. The Labute approximate surface area is 231 Å². The summed E-state index contributed by atoms with van der Waals surface area (Å²) in [7, 11) is 0. The molecule has 0 nitrogen and oxygen atoms in total. The Kier molecular flexibility index (Phi) is 8.26. The van der Waals surface area contributed by atoms with Crippen LogP contribution in [0.5, 0.6) is 0 Å². The molecule has 0 N–H and O–H groups in total. The fourth-order valence-corrected chi connectivity index (χ4v) is 8.28. The molecule has 5 rings (SSSR count). The summed E-state index contributed by atoms with van der Waals surface area (Å²) in [4.78, 5) is 0. The molecule has 0 saturated heterocycles. The van der Waals surface area contributed by atoms with E-state index in [0.29, 0.717) is 5.92 Å². The van der Waals surface area contributed by atoms with Crippen LogP contribution in [0.1, 0.15) is 38.8 Å². The summed E-state index contributed by atoms with van der Waals surface area (Å²) in [6.45, 7) is 13.7. The first-order valence-corrected chi connectivity index (χ1v) is 14.0. The van der Waals surface area contributed by atoms with E-state index in [9.17, 15) is 0 Å². The number of rotatable bonds is 3. The summed E-state index contributed by atoms with van der Waals surface area (Å²) < 4.78 is 3.00. The third-order valence-corrected chi connectivity index (χ3v) is 10.2. The molecule has 0 saturated carbocycles. The van der Waals surface area contributed by atoms with E-state index >= 15 is 0 Å². The van der Waals surface area contributed by atoms with Gasteiger partial charge in [0.05, 0.1) is 0 Å². The fourth-order valence-electron chi connectivity index (χ4n) is 4.81. The summed E-state index contributed by atoms with van der Waals surface area (Å²) >= 11 is 5.12. The maximum atomic E-state index is 6.18. The molecule has 1 unspecified atom stereocenters. The smallest absolute Gasteiger partial charge is 1.00 e. The van der Waals surface area contributed by atoms with Crippen LogP contribution in [0.15, 0.2) is 78.4 Å². The second-order valence-electron chi connectivity index (χ2n) is 9.84. The fraction of sp³-hybridized carbons (Fsp3) is 0.200. The van der Waals surface area contributed by atoms with Crippen molar-refractivity contribution < 1.29 is 48.0 Å². The van der Waals surface area contributed by atoms with Gasteiger partial charge in [-0.05, 0) is 0 Å². The first-order chi connectivity index (χ1) is 15.2. The Morgan fingerprint density at radius 1 is 0.824 bits per heavy atom. The van der Waals surface area contributed by atoms with Crippen LogP contribution >= 0.6 is 11.6 Å². The maximum absolute atomic E-state index is 6.18. The molecule has 0 fully saturated rings. The Bertz CT molecular complexity index is 1510. The third kappa shape index (κ3) is 4.83. The average Bonchev–Trinajstić information content (AvgIpc) is 3.29. The molecule has 172 valence electrons. The van der Waals surface area contributed by atoms with Gasteiger partial charge >= 0.3 is 208 Å². The molecule has 0 aromatic heterocycles. The number of allylic oxidation sites excluding steroid dienone is 4. The van der Waals surface area contributed by atoms with E-state index in [1.807, 2.05) is 12.1 Å². The van der Waals surface area contributed by atoms with Crippen LogP contribution in [0, 0.1) is 21.8 Å². The molecule has 1 atom stereocenters. The molecular weight excluding hydrogens is 558 g/mol. The van der Waals surface area contributed by atoms with Crippen LogP contribution in [0.25, 0.3) is 15.4 Å². The van der Waals surface area contributed by atoms with Gasteiger partial charge in [-0.2, -0.15) is 0 Å². The largest absolute Gasteiger partial charge is 1.00 e. The number of benzene rings is 3. The van der Waals surface area contributed by atoms with Gasteiger partial charge in [0.25, 0.3) is 0 Å². The van der Waals surface area contributed by atoms with Gasteiger partial charge in [0, 0.05) is 0 Å². The number of halogens is 3. The van der Waals surface area contributed by atoms with Crippen molar-refractivity contribution in [1.82, 2.24) is 0 Å². The van der Waals surface area contributed by atoms with Crippen LogP contribution in [-0.4, -0.2) is 0 Å². The van der Waals surface area contributed by atoms with Crippen LogP contribution in [0.2, 0.25) is 5.02 Å². The van der Waals surface area contributed by atoms with Crippen LogP contribution in [0.3, 0.4) is 0 Å². The number of fused-ring (bicyclic) bond motifs is 2. The van der Waals surface area contributed by atoms with Gasteiger partial charge in [-0.1, -0.05) is 0 Å². The van der Waals surface area contributed by atoms with Gasteiger partial charge in [-0.25, -0.2) is 0 Å². The maximum Gasteiger partial charge on any atom is -1.00 e. The van der Waals surface area contributed by atoms with Gasteiger partial charge in [0.2, 0.25) is 0 Å². The van der Waals surface area contributed by atoms with Crippen molar-refractivity contribution in [2.75, 3.05) is 0 Å². The molecule has 0 amide bonds. The molecule has 0 heterocycles. The van der Waals surface area contributed by atoms with Crippen molar-refractivity contribution in [2.45, 2.75) is 27.7 Å². The van der Waals surface area contributed by atoms with E-state index in [1.165, 1.54) is 41.2 Å². The Morgan fingerprint density at radius 2 is 1.47 bits per heavy atom. The van der Waals surface area contributed by atoms with Crippen molar-refractivity contribution in [1.29, 1.82) is 0 Å². The predicted molar refractivity (Wildman–Crippen MR) is 134 cm³/mol. The van der Waals surface area contributed by atoms with E-state index in [1.54, 1.807) is 3.28 Å². The van der Waals surface area contributed by atoms with E-state index in [0.717, 1.165) is 10.2 Å². The first-order valence-electron chi connectivity index (χ1n) is 11.2. The predicted octanol–water partition coefficient (Wildman–Crippen LogP) is -0.0712. The summed E-state index contributed by atoms with van der Waals surface area (Å²) in [5.41, 5.74) is 5.77. The van der Waals surface area contributed by atoms with E-state index < -0.39 is 23.2 Å². The molecule has 4 heteroatoms. The van der Waals surface area contributed by atoms with Crippen molar-refractivity contribution in [2.24, 2.45) is 11.3 Å². The molecule has 0 bridgehead atoms. The summed E-state index contributed by atoms with van der Waals surface area (Å²) in [5, 5.41) is 6.07. The Balaban J connectivity index is 0.00000162. The standard InChI is InChI=1S/C24H23.C6H4Cl.2ClH.Zr/c1-15-10-11-20-19-9-7-6-8-17(19)13-22(20)23(15)21-14-18(12-16(21)2)24(3,4)5;7-6-4-2-1-3-5-6;;;/h6-12,14,16H,1H2,2-5H3;2-5H;2*1H;/q;;;;+2/p-2. The second-order valence-corrected chi connectivity index (χ2v) is 13.5. The minimum atomic E-state index is -1.06. The quantitative estimate of drug-likeness (QED) is 0.405. The molecule has 0 spiro atoms. The molecule has 34 heavy (non-hydrogen) atoms. The molecule has 3 aromatic rings. The zero-order valence-electron chi connectivity index (χ0n) is 19.8. The van der Waals surface area contributed by atoms with Gasteiger partial charge in [-0.15, -0.1) is 0 Å². The monoisotopic (exact) mass is 582 g/mol. The minimum absolute atomic E-state index is 0. The van der Waals surface area contributed by atoms with Gasteiger partial charge in [-0.3, -0.25) is 0 Å². The Hall–Kier alpha value is -1.37. The average molecular weight is 585 g/mol. The topological polar surface area (TPSA) is 0 Å². The molecule has 0 aliphatic heterocycles. The summed E-state index contributed by atoms with van der Waals surface area (Å²) in [5.74, 6) is 0.391. The normalized spacial score (nSPS) is 15.9. The van der Waals surface area contributed by atoms with Crippen LogP contribution in [-0.2, 0) is 23.2 Å². The molecule has 2 aliphatic rings. The molecular formula is C30H27Cl3Zr. The van der Waals surface area contributed by atoms with Crippen LogP contribution < -0.4 is 38.5 Å². The van der Waals surface area contributed by atoms with E-state index in [2.05, 4.69) is 95.0 Å². The van der Waals surface area contributed by atoms with Crippen molar-refractivity contribution >= 4 is 30.3 Å². The van der Waals surface area contributed by atoms with E-state index in [4.69, 9.17) is 11.6 Å². The van der Waals surface area contributed by atoms with Crippen molar-refractivity contribution in [3.8, 4) is 0 Å².